The lowest BCUT2D eigenvalue weighted by Crippen LogP contribution is -2.28. The third-order valence-corrected chi connectivity index (χ3v) is 6.73. The third-order valence-electron chi connectivity index (χ3n) is 2.10. The average molecular weight is 312 g/mol. The van der Waals surface area contributed by atoms with Gasteiger partial charge in [0.25, 0.3) is 0 Å². The minimum Gasteiger partial charge on any atom is -0.359 e. The van der Waals surface area contributed by atoms with E-state index in [1.54, 1.807) is 0 Å². The first kappa shape index (κ1) is 11.7. The summed E-state index contributed by atoms with van der Waals surface area (Å²) in [5.74, 6) is 0. The molecule has 0 aromatic carbocycles. The lowest BCUT2D eigenvalue weighted by atomic mass is 10.1. The number of allylic oxidation sites excluding steroid dienone is 2. The minimum atomic E-state index is -0.921. The van der Waals surface area contributed by atoms with E-state index in [0.717, 1.165) is 0 Å². The molecule has 2 unspecified atom stereocenters. The molecule has 1 saturated heterocycles. The van der Waals surface area contributed by atoms with Crippen LogP contribution in [0.15, 0.2) is 20.1 Å². The molecule has 0 spiro atoms. The lowest BCUT2D eigenvalue weighted by molar-refractivity contribution is 0.132. The molecule has 0 radical (unpaired) electrons. The molecule has 0 amide bonds. The fourth-order valence-corrected chi connectivity index (χ4v) is 4.63. The molecule has 0 aromatic heterocycles. The van der Waals surface area contributed by atoms with E-state index in [1.807, 2.05) is 0 Å². The molecule has 2 atom stereocenters. The Hall–Kier alpha value is 1.24. The number of rotatable bonds is 1. The molecule has 14 heavy (non-hydrogen) atoms. The van der Waals surface area contributed by atoms with Crippen LogP contribution in [0.25, 0.3) is 0 Å². The first-order chi connectivity index (χ1) is 6.40. The molecule has 78 valence electrons. The summed E-state index contributed by atoms with van der Waals surface area (Å²) in [7, 11) is 1.49. The zero-order chi connectivity index (χ0) is 10.7. The number of alkyl halides is 1. The van der Waals surface area contributed by atoms with Crippen molar-refractivity contribution in [3.8, 4) is 0 Å². The second-order valence-corrected chi connectivity index (χ2v) is 6.47. The van der Waals surface area contributed by atoms with Gasteiger partial charge in [0.15, 0.2) is 9.14 Å². The van der Waals surface area contributed by atoms with E-state index in [4.69, 9.17) is 62.7 Å². The van der Waals surface area contributed by atoms with Crippen molar-refractivity contribution in [2.75, 3.05) is 7.11 Å². The Bertz CT molecular complexity index is 378. The summed E-state index contributed by atoms with van der Waals surface area (Å²) >= 11 is 31.2. The zero-order valence-corrected chi connectivity index (χ0v) is 11.3. The van der Waals surface area contributed by atoms with E-state index in [9.17, 15) is 0 Å². The molecule has 2 aliphatic rings. The number of thioether (sulfide) groups is 1. The number of halogens is 5. The molecular formula is C7H3Cl5OS. The third kappa shape index (κ3) is 1.17. The molecule has 7 heteroatoms. The van der Waals surface area contributed by atoms with Gasteiger partial charge in [-0.25, -0.2) is 0 Å². The molecule has 1 fully saturated rings. The summed E-state index contributed by atoms with van der Waals surface area (Å²) in [5, 5.41) is 0.936. The number of methoxy groups -OCH3 is 1. The Balaban J connectivity index is 2.61. The van der Waals surface area contributed by atoms with Gasteiger partial charge in [0, 0.05) is 7.11 Å². The van der Waals surface area contributed by atoms with Crippen molar-refractivity contribution >= 4 is 69.8 Å². The van der Waals surface area contributed by atoms with Crippen LogP contribution in [0.5, 0.6) is 0 Å². The van der Waals surface area contributed by atoms with Crippen molar-refractivity contribution in [2.45, 2.75) is 9.14 Å². The Kier molecular flexibility index (Phi) is 2.82. The summed E-state index contributed by atoms with van der Waals surface area (Å²) in [6.45, 7) is 0. The number of hydrogen-bond donors (Lipinski definition) is 0. The first-order valence-electron chi connectivity index (χ1n) is 3.47. The minimum absolute atomic E-state index is 0.186. The van der Waals surface area contributed by atoms with Crippen LogP contribution < -0.4 is 0 Å². The van der Waals surface area contributed by atoms with Crippen molar-refractivity contribution in [3.63, 3.8) is 0 Å². The maximum atomic E-state index is 6.19. The number of fused-ring (bicyclic) bond motifs is 1. The van der Waals surface area contributed by atoms with Crippen LogP contribution in [0.1, 0.15) is 0 Å². The van der Waals surface area contributed by atoms with Gasteiger partial charge in [-0.05, 0) is 0 Å². The molecule has 0 saturated carbocycles. The van der Waals surface area contributed by atoms with Crippen molar-refractivity contribution in [1.29, 1.82) is 0 Å². The zero-order valence-electron chi connectivity index (χ0n) is 6.71. The van der Waals surface area contributed by atoms with Crippen molar-refractivity contribution in [3.05, 3.63) is 20.1 Å². The van der Waals surface area contributed by atoms with Gasteiger partial charge in [-0.3, -0.25) is 0 Å². The molecule has 1 heterocycles. The summed E-state index contributed by atoms with van der Waals surface area (Å²) in [6, 6.07) is 0. The van der Waals surface area contributed by atoms with Crippen LogP contribution in [0.4, 0.5) is 0 Å². The number of ether oxygens (including phenoxy) is 1. The smallest absolute Gasteiger partial charge is 0.186 e. The standard InChI is InChI=1S/C7H3Cl5OS/c1-13-7-5(11)3(9)2(8)4(10)6(7,12)14-7/h1H3. The Morgan fingerprint density at radius 1 is 1.07 bits per heavy atom. The number of hydrogen-bond acceptors (Lipinski definition) is 2. The highest BCUT2D eigenvalue weighted by atomic mass is 35.5. The lowest BCUT2D eigenvalue weighted by Gasteiger charge is -2.22. The molecule has 2 rings (SSSR count). The Morgan fingerprint density at radius 2 is 1.57 bits per heavy atom. The maximum absolute atomic E-state index is 6.19. The maximum Gasteiger partial charge on any atom is 0.186 e. The Labute approximate surface area is 110 Å². The fraction of sp³-hybridized carbons (Fsp3) is 0.429. The summed E-state index contributed by atoms with van der Waals surface area (Å²) in [6.07, 6.45) is 0. The average Bonchev–Trinajstić information content (AvgIpc) is 2.81. The monoisotopic (exact) mass is 310 g/mol. The quantitative estimate of drug-likeness (QED) is 0.524. The van der Waals surface area contributed by atoms with Crippen molar-refractivity contribution in [1.82, 2.24) is 0 Å². The summed E-state index contributed by atoms with van der Waals surface area (Å²) in [4.78, 5) is -0.872. The molecule has 0 N–H and O–H groups in total. The molecule has 1 aliphatic carbocycles. The second-order valence-electron chi connectivity index (χ2n) is 2.77. The largest absolute Gasteiger partial charge is 0.359 e. The van der Waals surface area contributed by atoms with Crippen molar-refractivity contribution in [2.24, 2.45) is 0 Å². The van der Waals surface area contributed by atoms with Gasteiger partial charge in [-0.1, -0.05) is 69.8 Å². The van der Waals surface area contributed by atoms with E-state index in [1.165, 1.54) is 18.9 Å². The SMILES string of the molecule is COC12SC1(Cl)C(Cl)=C(Cl)C(Cl)=C2Cl. The summed E-state index contributed by atoms with van der Waals surface area (Å²) < 4.78 is 4.32. The van der Waals surface area contributed by atoms with Crippen LogP contribution in [0.3, 0.4) is 0 Å². The van der Waals surface area contributed by atoms with E-state index in [0.29, 0.717) is 0 Å². The van der Waals surface area contributed by atoms with Crippen LogP contribution in [-0.2, 0) is 4.74 Å². The predicted octanol–water partition coefficient (Wildman–Crippen LogP) is 4.40. The molecule has 1 nitrogen and oxygen atoms in total. The Morgan fingerprint density at radius 3 is 2.07 bits per heavy atom. The van der Waals surface area contributed by atoms with Crippen LogP contribution in [-0.4, -0.2) is 16.2 Å². The topological polar surface area (TPSA) is 9.23 Å². The van der Waals surface area contributed by atoms with Gasteiger partial charge in [0.2, 0.25) is 0 Å². The van der Waals surface area contributed by atoms with E-state index < -0.39 is 9.14 Å². The van der Waals surface area contributed by atoms with Gasteiger partial charge >= 0.3 is 0 Å². The molecule has 0 bridgehead atoms. The predicted molar refractivity (Wildman–Crippen MR) is 63.4 cm³/mol. The van der Waals surface area contributed by atoms with Gasteiger partial charge in [-0.2, -0.15) is 0 Å². The fourth-order valence-electron chi connectivity index (χ4n) is 1.29. The van der Waals surface area contributed by atoms with Crippen LogP contribution in [0, 0.1) is 0 Å². The highest BCUT2D eigenvalue weighted by Gasteiger charge is 2.76. The van der Waals surface area contributed by atoms with Gasteiger partial charge in [0.1, 0.15) is 0 Å². The van der Waals surface area contributed by atoms with E-state index in [2.05, 4.69) is 0 Å². The second kappa shape index (κ2) is 3.36. The van der Waals surface area contributed by atoms with Gasteiger partial charge in [-0.15, -0.1) is 0 Å². The first-order valence-corrected chi connectivity index (χ1v) is 6.17. The van der Waals surface area contributed by atoms with Gasteiger partial charge < -0.3 is 4.74 Å². The molecule has 0 aromatic rings. The van der Waals surface area contributed by atoms with E-state index >= 15 is 0 Å². The molecular weight excluding hydrogens is 309 g/mol. The van der Waals surface area contributed by atoms with Gasteiger partial charge in [0.05, 0.1) is 20.1 Å². The van der Waals surface area contributed by atoms with Crippen LogP contribution in [0.2, 0.25) is 0 Å². The highest BCUT2D eigenvalue weighted by molar-refractivity contribution is 8.11. The van der Waals surface area contributed by atoms with Crippen molar-refractivity contribution < 1.29 is 4.74 Å². The normalized spacial score (nSPS) is 41.6. The van der Waals surface area contributed by atoms with E-state index in [-0.39, 0.29) is 20.1 Å². The van der Waals surface area contributed by atoms with Crippen LogP contribution >= 0.6 is 69.8 Å². The molecule has 1 aliphatic heterocycles. The summed E-state index contributed by atoms with van der Waals surface area (Å²) in [5.41, 5.74) is 0. The highest BCUT2D eigenvalue weighted by Crippen LogP contribution is 2.78.